The van der Waals surface area contributed by atoms with Gasteiger partial charge in [0.25, 0.3) is 0 Å². The lowest BCUT2D eigenvalue weighted by molar-refractivity contribution is -0.142. The zero-order valence-corrected chi connectivity index (χ0v) is 17.8. The fourth-order valence-corrected chi connectivity index (χ4v) is 7.39. The Hall–Kier alpha value is -1.24. The van der Waals surface area contributed by atoms with Gasteiger partial charge >= 0.3 is 11.9 Å². The van der Waals surface area contributed by atoms with Crippen molar-refractivity contribution in [3.8, 4) is 0 Å². The lowest BCUT2D eigenvalue weighted by Gasteiger charge is -2.29. The number of hydrogen-bond donors (Lipinski definition) is 2. The van der Waals surface area contributed by atoms with Gasteiger partial charge in [-0.3, -0.25) is 9.59 Å². The second-order valence-electron chi connectivity index (χ2n) is 7.73. The maximum atomic E-state index is 12.9. The summed E-state index contributed by atoms with van der Waals surface area (Å²) in [7, 11) is -7.74. The van der Waals surface area contributed by atoms with Crippen LogP contribution in [-0.2, 0) is 29.6 Å². The molecule has 0 aromatic rings. The van der Waals surface area contributed by atoms with Crippen molar-refractivity contribution in [3.05, 3.63) is 0 Å². The van der Waals surface area contributed by atoms with Gasteiger partial charge in [0, 0.05) is 13.1 Å². The predicted octanol–water partition coefficient (Wildman–Crippen LogP) is 0.157. The zero-order valence-electron chi connectivity index (χ0n) is 16.2. The van der Waals surface area contributed by atoms with E-state index in [0.29, 0.717) is 6.42 Å². The van der Waals surface area contributed by atoms with Gasteiger partial charge in [0.1, 0.15) is 12.1 Å². The maximum Gasteiger partial charge on any atom is 0.322 e. The summed E-state index contributed by atoms with van der Waals surface area (Å²) < 4.78 is 52.6. The number of nitrogens with zero attached hydrogens (tertiary/aromatic N) is 2. The summed E-state index contributed by atoms with van der Waals surface area (Å²) >= 11 is 0. The lowest BCUT2D eigenvalue weighted by Crippen LogP contribution is -2.48. The molecule has 4 atom stereocenters. The highest BCUT2D eigenvalue weighted by atomic mass is 32.2. The summed E-state index contributed by atoms with van der Waals surface area (Å²) in [5.74, 6) is -3.17. The SMILES string of the molecule is CC(CC1CCN(S(=O)(=O)C(C)C)[C@H]1C(=O)O)S(=O)(=O)N1CCC[C@H]1C(=O)O. The molecule has 0 amide bonds. The highest BCUT2D eigenvalue weighted by molar-refractivity contribution is 7.90. The molecule has 0 aromatic heterocycles. The van der Waals surface area contributed by atoms with Crippen molar-refractivity contribution in [2.45, 2.75) is 69.0 Å². The van der Waals surface area contributed by atoms with E-state index in [1.165, 1.54) is 20.8 Å². The molecule has 10 nitrogen and oxygen atoms in total. The Morgan fingerprint density at radius 2 is 1.54 bits per heavy atom. The minimum atomic E-state index is -3.95. The summed E-state index contributed by atoms with van der Waals surface area (Å²) in [6, 6.07) is -2.43. The molecule has 2 aliphatic heterocycles. The smallest absolute Gasteiger partial charge is 0.322 e. The molecule has 0 saturated carbocycles. The van der Waals surface area contributed by atoms with E-state index in [1.54, 1.807) is 0 Å². The summed E-state index contributed by atoms with van der Waals surface area (Å²) in [5.41, 5.74) is 0. The second kappa shape index (κ2) is 8.25. The molecule has 0 aliphatic carbocycles. The van der Waals surface area contributed by atoms with Crippen molar-refractivity contribution < 1.29 is 36.6 Å². The first kappa shape index (κ1) is 23.0. The van der Waals surface area contributed by atoms with Crippen LogP contribution in [0.25, 0.3) is 0 Å². The van der Waals surface area contributed by atoms with Crippen LogP contribution in [-0.4, -0.2) is 83.3 Å². The molecular weight excluding hydrogens is 412 g/mol. The minimum Gasteiger partial charge on any atom is -0.480 e. The molecule has 12 heteroatoms. The molecular formula is C16H28N2O8S2. The fourth-order valence-electron chi connectivity index (χ4n) is 4.02. The zero-order chi connectivity index (χ0) is 21.4. The van der Waals surface area contributed by atoms with Crippen molar-refractivity contribution in [3.63, 3.8) is 0 Å². The summed E-state index contributed by atoms with van der Waals surface area (Å²) in [6.45, 7) is 4.49. The number of carbonyl (C=O) groups is 2. The molecule has 2 aliphatic rings. The van der Waals surface area contributed by atoms with Crippen molar-refractivity contribution >= 4 is 32.0 Å². The van der Waals surface area contributed by atoms with Crippen LogP contribution in [0.2, 0.25) is 0 Å². The summed E-state index contributed by atoms with van der Waals surface area (Å²) in [5, 5.41) is 17.0. The second-order valence-corrected chi connectivity index (χ2v) is 12.5. The van der Waals surface area contributed by atoms with Crippen molar-refractivity contribution in [2.75, 3.05) is 13.1 Å². The molecule has 162 valence electrons. The quantitative estimate of drug-likeness (QED) is 0.542. The number of carboxylic acid groups (broad SMARTS) is 2. The van der Waals surface area contributed by atoms with E-state index in [2.05, 4.69) is 0 Å². The predicted molar refractivity (Wildman–Crippen MR) is 101 cm³/mol. The monoisotopic (exact) mass is 440 g/mol. The molecule has 0 aromatic carbocycles. The highest BCUT2D eigenvalue weighted by Crippen LogP contribution is 2.35. The largest absolute Gasteiger partial charge is 0.480 e. The lowest BCUT2D eigenvalue weighted by atomic mass is 9.95. The maximum absolute atomic E-state index is 12.9. The third-order valence-electron chi connectivity index (χ3n) is 5.61. The van der Waals surface area contributed by atoms with Gasteiger partial charge in [-0.1, -0.05) is 0 Å². The average molecular weight is 441 g/mol. The van der Waals surface area contributed by atoms with E-state index in [-0.39, 0.29) is 32.4 Å². The van der Waals surface area contributed by atoms with E-state index >= 15 is 0 Å². The summed E-state index contributed by atoms with van der Waals surface area (Å²) in [4.78, 5) is 23.1. The van der Waals surface area contributed by atoms with Crippen LogP contribution in [0.1, 0.15) is 46.5 Å². The average Bonchev–Trinajstić information content (AvgIpc) is 3.21. The summed E-state index contributed by atoms with van der Waals surface area (Å²) in [6.07, 6.45) is 0.880. The van der Waals surface area contributed by atoms with Crippen LogP contribution in [0.5, 0.6) is 0 Å². The Bertz CT molecular complexity index is 824. The number of rotatable bonds is 8. The first-order valence-electron chi connectivity index (χ1n) is 9.28. The number of hydrogen-bond acceptors (Lipinski definition) is 6. The first-order valence-corrected chi connectivity index (χ1v) is 12.3. The number of carboxylic acids is 2. The molecule has 2 unspecified atom stereocenters. The standard InChI is InChI=1S/C16H28N2O8S2/c1-10(2)27(23,24)18-8-6-12(14(18)16(21)22)9-11(3)28(25,26)17-7-4-5-13(17)15(19)20/h10-14H,4-9H2,1-3H3,(H,19,20)(H,21,22)/t11?,12?,13-,14+/m0/s1. The minimum absolute atomic E-state index is 0.0242. The number of aliphatic carboxylic acids is 2. The van der Waals surface area contributed by atoms with Gasteiger partial charge in [-0.2, -0.15) is 8.61 Å². The molecule has 2 saturated heterocycles. The van der Waals surface area contributed by atoms with Gasteiger partial charge < -0.3 is 10.2 Å². The third-order valence-corrected chi connectivity index (χ3v) is 10.2. The Labute approximate surface area is 165 Å². The highest BCUT2D eigenvalue weighted by Gasteiger charge is 2.48. The van der Waals surface area contributed by atoms with Gasteiger partial charge in [-0.25, -0.2) is 16.8 Å². The van der Waals surface area contributed by atoms with Crippen LogP contribution in [0.3, 0.4) is 0 Å². The van der Waals surface area contributed by atoms with Crippen LogP contribution < -0.4 is 0 Å². The van der Waals surface area contributed by atoms with Gasteiger partial charge in [-0.05, 0) is 52.4 Å². The van der Waals surface area contributed by atoms with Gasteiger partial charge in [0.05, 0.1) is 10.5 Å². The van der Waals surface area contributed by atoms with Crippen LogP contribution in [0, 0.1) is 5.92 Å². The Balaban J connectivity index is 2.22. The fraction of sp³-hybridized carbons (Fsp3) is 0.875. The van der Waals surface area contributed by atoms with Crippen LogP contribution in [0.15, 0.2) is 0 Å². The van der Waals surface area contributed by atoms with E-state index in [9.17, 15) is 36.6 Å². The van der Waals surface area contributed by atoms with Gasteiger partial charge in [-0.15, -0.1) is 0 Å². The Morgan fingerprint density at radius 1 is 0.929 bits per heavy atom. The molecule has 0 spiro atoms. The molecule has 28 heavy (non-hydrogen) atoms. The van der Waals surface area contributed by atoms with E-state index in [4.69, 9.17) is 0 Å². The third kappa shape index (κ3) is 4.19. The molecule has 2 fully saturated rings. The number of sulfonamides is 2. The first-order chi connectivity index (χ1) is 12.8. The Morgan fingerprint density at radius 3 is 2.04 bits per heavy atom. The normalized spacial score (nSPS) is 28.6. The Kier molecular flexibility index (Phi) is 6.79. The van der Waals surface area contributed by atoms with Gasteiger partial charge in [0.2, 0.25) is 20.0 Å². The molecule has 2 N–H and O–H groups in total. The van der Waals surface area contributed by atoms with E-state index in [0.717, 1.165) is 8.61 Å². The van der Waals surface area contributed by atoms with E-state index < -0.39 is 60.5 Å². The molecule has 2 rings (SSSR count). The van der Waals surface area contributed by atoms with Crippen molar-refractivity contribution in [1.29, 1.82) is 0 Å². The molecule has 2 heterocycles. The van der Waals surface area contributed by atoms with Crippen molar-refractivity contribution in [2.24, 2.45) is 5.92 Å². The van der Waals surface area contributed by atoms with Crippen molar-refractivity contribution in [1.82, 2.24) is 8.61 Å². The van der Waals surface area contributed by atoms with E-state index in [1.807, 2.05) is 0 Å². The molecule has 0 bridgehead atoms. The topological polar surface area (TPSA) is 149 Å². The molecule has 0 radical (unpaired) electrons. The van der Waals surface area contributed by atoms with Gasteiger partial charge in [0.15, 0.2) is 0 Å². The van der Waals surface area contributed by atoms with Crippen LogP contribution in [0.4, 0.5) is 0 Å². The van der Waals surface area contributed by atoms with Crippen LogP contribution >= 0.6 is 0 Å².